The Morgan fingerprint density at radius 3 is 2.75 bits per heavy atom. The molecule has 1 amide bonds. The number of halogens is 2. The van der Waals surface area contributed by atoms with Gasteiger partial charge < -0.3 is 10.1 Å². The predicted molar refractivity (Wildman–Crippen MR) is 92.4 cm³/mol. The van der Waals surface area contributed by atoms with Gasteiger partial charge in [0.25, 0.3) is 0 Å². The number of hydrogen-bond acceptors (Lipinski definition) is 3. The molecule has 1 N–H and O–H groups in total. The molecular weight excluding hydrogens is 349 g/mol. The Morgan fingerprint density at radius 2 is 2.04 bits per heavy atom. The lowest BCUT2D eigenvalue weighted by atomic mass is 9.77. The monoisotopic (exact) mass is 365 g/mol. The number of fused-ring (bicyclic) bond motifs is 2. The standard InChI is InChI=1S/C17H17Cl2N3O2/c1-22-12(6-7-20-22)15-13-4-5-14(24-13)16(15)17(23)21-9-2-3-10(18)11(19)8-9/h2-3,6-8,13-16H,4-5H2,1H3,(H,21,23)/t13-,14+,15-,16-/m0/s1. The summed E-state index contributed by atoms with van der Waals surface area (Å²) in [5.74, 6) is -0.251. The van der Waals surface area contributed by atoms with Crippen molar-refractivity contribution in [1.29, 1.82) is 0 Å². The van der Waals surface area contributed by atoms with Gasteiger partial charge in [-0.2, -0.15) is 5.10 Å². The van der Waals surface area contributed by atoms with Gasteiger partial charge in [0.15, 0.2) is 0 Å². The van der Waals surface area contributed by atoms with Crippen LogP contribution in [-0.2, 0) is 16.6 Å². The average Bonchev–Trinajstić information content (AvgIpc) is 3.25. The van der Waals surface area contributed by atoms with Crippen LogP contribution in [0.25, 0.3) is 0 Å². The van der Waals surface area contributed by atoms with Crippen LogP contribution in [0.5, 0.6) is 0 Å². The van der Waals surface area contributed by atoms with E-state index in [1.165, 1.54) is 0 Å². The maximum absolute atomic E-state index is 12.9. The van der Waals surface area contributed by atoms with E-state index in [1.54, 1.807) is 24.4 Å². The molecule has 2 fully saturated rings. The SMILES string of the molecule is Cn1nccc1[C@@H]1[C@@H](C(=O)Nc2ccc(Cl)c(Cl)c2)[C@H]2CC[C@@H]1O2. The second-order valence-corrected chi connectivity index (χ2v) is 7.15. The van der Waals surface area contributed by atoms with Crippen molar-refractivity contribution in [2.45, 2.75) is 31.0 Å². The molecule has 3 heterocycles. The Labute approximate surface area is 149 Å². The van der Waals surface area contributed by atoms with Crippen molar-refractivity contribution in [2.75, 3.05) is 5.32 Å². The molecular formula is C17H17Cl2N3O2. The largest absolute Gasteiger partial charge is 0.373 e. The van der Waals surface area contributed by atoms with Crippen LogP contribution in [0.3, 0.4) is 0 Å². The highest BCUT2D eigenvalue weighted by Gasteiger charge is 2.53. The molecule has 4 rings (SSSR count). The normalized spacial score (nSPS) is 28.3. The molecule has 0 aliphatic carbocycles. The maximum atomic E-state index is 12.9. The van der Waals surface area contributed by atoms with E-state index in [9.17, 15) is 4.79 Å². The Hall–Kier alpha value is -1.56. The van der Waals surface area contributed by atoms with E-state index in [4.69, 9.17) is 27.9 Å². The van der Waals surface area contributed by atoms with Crippen molar-refractivity contribution < 1.29 is 9.53 Å². The fourth-order valence-corrected chi connectivity index (χ4v) is 4.20. The molecule has 24 heavy (non-hydrogen) atoms. The lowest BCUT2D eigenvalue weighted by molar-refractivity contribution is -0.121. The number of carbonyl (C=O) groups is 1. The van der Waals surface area contributed by atoms with Gasteiger partial charge in [-0.05, 0) is 37.1 Å². The first-order chi connectivity index (χ1) is 11.5. The van der Waals surface area contributed by atoms with Crippen molar-refractivity contribution in [1.82, 2.24) is 9.78 Å². The van der Waals surface area contributed by atoms with E-state index in [0.29, 0.717) is 15.7 Å². The molecule has 2 bridgehead atoms. The smallest absolute Gasteiger partial charge is 0.230 e. The molecule has 0 unspecified atom stereocenters. The lowest BCUT2D eigenvalue weighted by Crippen LogP contribution is -2.36. The number of nitrogens with zero attached hydrogens (tertiary/aromatic N) is 2. The number of amides is 1. The van der Waals surface area contributed by atoms with Gasteiger partial charge in [-0.1, -0.05) is 23.2 Å². The molecule has 2 aliphatic heterocycles. The quantitative estimate of drug-likeness (QED) is 0.903. The number of rotatable bonds is 3. The Morgan fingerprint density at radius 1 is 1.25 bits per heavy atom. The molecule has 2 aromatic rings. The van der Waals surface area contributed by atoms with Crippen LogP contribution >= 0.6 is 23.2 Å². The van der Waals surface area contributed by atoms with Gasteiger partial charge in [0, 0.05) is 30.5 Å². The van der Waals surface area contributed by atoms with E-state index in [2.05, 4.69) is 10.4 Å². The summed E-state index contributed by atoms with van der Waals surface area (Å²) in [6.45, 7) is 0. The Kier molecular flexibility index (Phi) is 4.03. The number of hydrogen-bond donors (Lipinski definition) is 1. The molecule has 7 heteroatoms. The zero-order valence-electron chi connectivity index (χ0n) is 13.1. The average molecular weight is 366 g/mol. The minimum atomic E-state index is -0.228. The van der Waals surface area contributed by atoms with Gasteiger partial charge in [-0.15, -0.1) is 0 Å². The molecule has 5 nitrogen and oxygen atoms in total. The summed E-state index contributed by atoms with van der Waals surface area (Å²) in [5, 5.41) is 8.08. The van der Waals surface area contributed by atoms with Crippen LogP contribution in [0.4, 0.5) is 5.69 Å². The van der Waals surface area contributed by atoms with Crippen molar-refractivity contribution in [3.05, 3.63) is 46.2 Å². The van der Waals surface area contributed by atoms with Crippen molar-refractivity contribution in [3.8, 4) is 0 Å². The van der Waals surface area contributed by atoms with E-state index < -0.39 is 0 Å². The molecule has 2 aliphatic rings. The van der Waals surface area contributed by atoms with Gasteiger partial charge in [-0.3, -0.25) is 9.48 Å². The first-order valence-electron chi connectivity index (χ1n) is 7.94. The van der Waals surface area contributed by atoms with Crippen LogP contribution in [-0.4, -0.2) is 27.9 Å². The second kappa shape index (κ2) is 6.06. The zero-order chi connectivity index (χ0) is 16.8. The number of aromatic nitrogens is 2. The number of ether oxygens (including phenoxy) is 1. The Bertz CT molecular complexity index is 792. The Balaban J connectivity index is 1.60. The molecule has 0 saturated carbocycles. The fourth-order valence-electron chi connectivity index (χ4n) is 3.90. The van der Waals surface area contributed by atoms with Crippen LogP contribution < -0.4 is 5.32 Å². The van der Waals surface area contributed by atoms with Crippen LogP contribution in [0.15, 0.2) is 30.5 Å². The molecule has 2 saturated heterocycles. The number of anilines is 1. The van der Waals surface area contributed by atoms with Crippen LogP contribution in [0.2, 0.25) is 10.0 Å². The van der Waals surface area contributed by atoms with Gasteiger partial charge in [0.2, 0.25) is 5.91 Å². The zero-order valence-corrected chi connectivity index (χ0v) is 14.6. The minimum absolute atomic E-state index is 0.0269. The van der Waals surface area contributed by atoms with Gasteiger partial charge in [0.1, 0.15) is 0 Å². The number of carbonyl (C=O) groups excluding carboxylic acids is 1. The topological polar surface area (TPSA) is 56.2 Å². The summed E-state index contributed by atoms with van der Waals surface area (Å²) in [4.78, 5) is 12.9. The van der Waals surface area contributed by atoms with Gasteiger partial charge in [-0.25, -0.2) is 0 Å². The fraction of sp³-hybridized carbons (Fsp3) is 0.412. The third-order valence-corrected chi connectivity index (χ3v) is 5.70. The van der Waals surface area contributed by atoms with Gasteiger partial charge >= 0.3 is 0 Å². The van der Waals surface area contributed by atoms with E-state index in [-0.39, 0.29) is 30.0 Å². The van der Waals surface area contributed by atoms with Crippen LogP contribution in [0, 0.1) is 5.92 Å². The summed E-state index contributed by atoms with van der Waals surface area (Å²) in [7, 11) is 1.90. The number of benzene rings is 1. The number of nitrogens with one attached hydrogen (secondary N) is 1. The van der Waals surface area contributed by atoms with Crippen LogP contribution in [0.1, 0.15) is 24.5 Å². The minimum Gasteiger partial charge on any atom is -0.373 e. The maximum Gasteiger partial charge on any atom is 0.230 e. The first-order valence-corrected chi connectivity index (χ1v) is 8.69. The van der Waals surface area contributed by atoms with Crippen molar-refractivity contribution >= 4 is 34.8 Å². The summed E-state index contributed by atoms with van der Waals surface area (Å²) < 4.78 is 7.86. The lowest BCUT2D eigenvalue weighted by Gasteiger charge is -2.27. The molecule has 4 atom stereocenters. The summed E-state index contributed by atoms with van der Waals surface area (Å²) in [6.07, 6.45) is 3.69. The highest BCUT2D eigenvalue weighted by Crippen LogP contribution is 2.49. The number of aryl methyl sites for hydroxylation is 1. The van der Waals surface area contributed by atoms with Gasteiger partial charge in [0.05, 0.1) is 28.2 Å². The van der Waals surface area contributed by atoms with Crippen molar-refractivity contribution in [2.24, 2.45) is 13.0 Å². The van der Waals surface area contributed by atoms with Crippen molar-refractivity contribution in [3.63, 3.8) is 0 Å². The summed E-state index contributed by atoms with van der Waals surface area (Å²) in [6, 6.07) is 7.05. The molecule has 1 aromatic carbocycles. The van der Waals surface area contributed by atoms with E-state index >= 15 is 0 Å². The molecule has 0 spiro atoms. The highest BCUT2D eigenvalue weighted by molar-refractivity contribution is 6.42. The molecule has 1 aromatic heterocycles. The third-order valence-electron chi connectivity index (χ3n) is 4.96. The predicted octanol–water partition coefficient (Wildman–Crippen LogP) is 3.63. The molecule has 126 valence electrons. The highest BCUT2D eigenvalue weighted by atomic mass is 35.5. The van der Waals surface area contributed by atoms with E-state index in [1.807, 2.05) is 17.8 Å². The summed E-state index contributed by atoms with van der Waals surface area (Å²) in [5.41, 5.74) is 1.68. The first kappa shape index (κ1) is 15.9. The summed E-state index contributed by atoms with van der Waals surface area (Å²) >= 11 is 12.0. The third kappa shape index (κ3) is 2.61. The van der Waals surface area contributed by atoms with E-state index in [0.717, 1.165) is 18.5 Å². The molecule has 0 radical (unpaired) electrons. The second-order valence-electron chi connectivity index (χ2n) is 6.34.